The summed E-state index contributed by atoms with van der Waals surface area (Å²) in [5, 5.41) is 2.34. The molecule has 0 spiro atoms. The quantitative estimate of drug-likeness (QED) is 0.673. The highest BCUT2D eigenvalue weighted by molar-refractivity contribution is 7.16. The van der Waals surface area contributed by atoms with Gasteiger partial charge in [0.2, 0.25) is 5.91 Å². The number of hydrogen-bond donors (Lipinski definition) is 1. The SMILES string of the molecule is C=CCN(CC(=O)Nc1ccccc1C(F)(F)F)Cc1ccc(Cl)s1. The fourth-order valence-corrected chi connectivity index (χ4v) is 3.39. The Bertz CT molecular complexity index is 745. The van der Waals surface area contributed by atoms with Gasteiger partial charge in [-0.1, -0.05) is 29.8 Å². The standard InChI is InChI=1S/C17H16ClF3N2OS/c1-2-9-23(10-12-7-8-15(18)25-12)11-16(24)22-14-6-4-3-5-13(14)17(19,20)21/h2-8H,1,9-11H2,(H,22,24). The number of hydrogen-bond acceptors (Lipinski definition) is 3. The van der Waals surface area contributed by atoms with E-state index in [4.69, 9.17) is 11.6 Å². The van der Waals surface area contributed by atoms with Crippen molar-refractivity contribution in [1.82, 2.24) is 4.90 Å². The maximum absolute atomic E-state index is 13.0. The van der Waals surface area contributed by atoms with Gasteiger partial charge in [-0.2, -0.15) is 13.2 Å². The smallest absolute Gasteiger partial charge is 0.324 e. The van der Waals surface area contributed by atoms with Gasteiger partial charge in [-0.15, -0.1) is 17.9 Å². The molecule has 2 rings (SSSR count). The van der Waals surface area contributed by atoms with Gasteiger partial charge in [0.25, 0.3) is 0 Å². The summed E-state index contributed by atoms with van der Waals surface area (Å²) in [6.07, 6.45) is -2.90. The number of benzene rings is 1. The Morgan fingerprint density at radius 3 is 2.60 bits per heavy atom. The van der Waals surface area contributed by atoms with Crippen LogP contribution >= 0.6 is 22.9 Å². The summed E-state index contributed by atoms with van der Waals surface area (Å²) < 4.78 is 39.6. The molecule has 0 bridgehead atoms. The molecule has 1 N–H and O–H groups in total. The second-order valence-electron chi connectivity index (χ2n) is 5.26. The fraction of sp³-hybridized carbons (Fsp3) is 0.235. The van der Waals surface area contributed by atoms with Crippen molar-refractivity contribution in [3.8, 4) is 0 Å². The van der Waals surface area contributed by atoms with Crippen LogP contribution in [0, 0.1) is 0 Å². The zero-order valence-corrected chi connectivity index (χ0v) is 14.7. The number of carbonyl (C=O) groups is 1. The van der Waals surface area contributed by atoms with E-state index in [-0.39, 0.29) is 12.2 Å². The minimum absolute atomic E-state index is 0.0618. The third kappa shape index (κ3) is 5.88. The lowest BCUT2D eigenvalue weighted by atomic mass is 10.1. The topological polar surface area (TPSA) is 32.3 Å². The van der Waals surface area contributed by atoms with Gasteiger partial charge < -0.3 is 5.32 Å². The molecular weight excluding hydrogens is 373 g/mol. The van der Waals surface area contributed by atoms with Gasteiger partial charge in [0, 0.05) is 18.0 Å². The molecule has 8 heteroatoms. The van der Waals surface area contributed by atoms with Crippen LogP contribution in [0.5, 0.6) is 0 Å². The number of halogens is 4. The van der Waals surface area contributed by atoms with Gasteiger partial charge in [0.15, 0.2) is 0 Å². The third-order valence-electron chi connectivity index (χ3n) is 3.27. The van der Waals surface area contributed by atoms with E-state index in [9.17, 15) is 18.0 Å². The van der Waals surface area contributed by atoms with Crippen LogP contribution in [0.25, 0.3) is 0 Å². The normalized spacial score (nSPS) is 11.6. The van der Waals surface area contributed by atoms with Gasteiger partial charge >= 0.3 is 6.18 Å². The Labute approximate surface area is 152 Å². The summed E-state index contributed by atoms with van der Waals surface area (Å²) in [5.41, 5.74) is -1.12. The molecule has 3 nitrogen and oxygen atoms in total. The van der Waals surface area contributed by atoms with Crippen LogP contribution in [0.4, 0.5) is 18.9 Å². The molecule has 1 aromatic heterocycles. The van der Waals surface area contributed by atoms with Crippen LogP contribution in [-0.4, -0.2) is 23.9 Å². The molecule has 0 atom stereocenters. The Kier molecular flexibility index (Phi) is 6.64. The zero-order chi connectivity index (χ0) is 18.4. The lowest BCUT2D eigenvalue weighted by Gasteiger charge is -2.20. The van der Waals surface area contributed by atoms with Crippen molar-refractivity contribution < 1.29 is 18.0 Å². The van der Waals surface area contributed by atoms with Crippen molar-refractivity contribution in [2.75, 3.05) is 18.4 Å². The van der Waals surface area contributed by atoms with Gasteiger partial charge in [0.1, 0.15) is 0 Å². The number of carbonyl (C=O) groups excluding carboxylic acids is 1. The number of para-hydroxylation sites is 1. The van der Waals surface area contributed by atoms with E-state index in [1.807, 2.05) is 6.07 Å². The second kappa shape index (κ2) is 8.51. The summed E-state index contributed by atoms with van der Waals surface area (Å²) >= 11 is 7.28. The van der Waals surface area contributed by atoms with Crippen molar-refractivity contribution >= 4 is 34.5 Å². The summed E-state index contributed by atoms with van der Waals surface area (Å²) in [6.45, 7) is 4.46. The molecule has 0 aliphatic heterocycles. The minimum Gasteiger partial charge on any atom is -0.324 e. The maximum atomic E-state index is 13.0. The van der Waals surface area contributed by atoms with Crippen LogP contribution in [0.1, 0.15) is 10.4 Å². The first-order valence-electron chi connectivity index (χ1n) is 7.33. The predicted octanol–water partition coefficient (Wildman–Crippen LogP) is 5.05. The monoisotopic (exact) mass is 388 g/mol. The molecule has 1 amide bonds. The van der Waals surface area contributed by atoms with Crippen molar-refractivity contribution in [1.29, 1.82) is 0 Å². The highest BCUT2D eigenvalue weighted by Gasteiger charge is 2.33. The number of anilines is 1. The first kappa shape index (κ1) is 19.5. The van der Waals surface area contributed by atoms with Crippen LogP contribution < -0.4 is 5.32 Å². The van der Waals surface area contributed by atoms with E-state index in [1.54, 1.807) is 17.0 Å². The molecule has 134 valence electrons. The highest BCUT2D eigenvalue weighted by Crippen LogP contribution is 2.34. The van der Waals surface area contributed by atoms with Crippen molar-refractivity contribution in [2.45, 2.75) is 12.7 Å². The van der Waals surface area contributed by atoms with Crippen LogP contribution in [0.15, 0.2) is 49.1 Å². The Hall–Kier alpha value is -1.83. The Balaban J connectivity index is 2.05. The van der Waals surface area contributed by atoms with Crippen molar-refractivity contribution in [3.63, 3.8) is 0 Å². The van der Waals surface area contributed by atoms with Crippen molar-refractivity contribution in [2.24, 2.45) is 0 Å². The summed E-state index contributed by atoms with van der Waals surface area (Å²) in [4.78, 5) is 14.9. The largest absolute Gasteiger partial charge is 0.418 e. The average molecular weight is 389 g/mol. The maximum Gasteiger partial charge on any atom is 0.418 e. The number of alkyl halides is 3. The van der Waals surface area contributed by atoms with E-state index in [2.05, 4.69) is 11.9 Å². The molecular formula is C17H16ClF3N2OS. The summed E-state index contributed by atoms with van der Waals surface area (Å²) in [5.74, 6) is -0.527. The Morgan fingerprint density at radius 2 is 2.00 bits per heavy atom. The van der Waals surface area contributed by atoms with Crippen LogP contribution in [0.3, 0.4) is 0 Å². The second-order valence-corrected chi connectivity index (χ2v) is 7.06. The van der Waals surface area contributed by atoms with Gasteiger partial charge in [-0.05, 0) is 24.3 Å². The third-order valence-corrected chi connectivity index (χ3v) is 4.49. The highest BCUT2D eigenvalue weighted by atomic mass is 35.5. The van der Waals surface area contributed by atoms with Crippen LogP contribution in [-0.2, 0) is 17.5 Å². The lowest BCUT2D eigenvalue weighted by molar-refractivity contribution is -0.137. The van der Waals surface area contributed by atoms with Crippen LogP contribution in [0.2, 0.25) is 4.34 Å². The Morgan fingerprint density at radius 1 is 1.28 bits per heavy atom. The number of amides is 1. The number of nitrogens with one attached hydrogen (secondary N) is 1. The summed E-state index contributed by atoms with van der Waals surface area (Å²) in [6, 6.07) is 8.50. The predicted molar refractivity (Wildman–Crippen MR) is 94.9 cm³/mol. The molecule has 0 saturated heterocycles. The molecule has 0 saturated carbocycles. The summed E-state index contributed by atoms with van der Waals surface area (Å²) in [7, 11) is 0. The van der Waals surface area contributed by atoms with E-state index in [0.29, 0.717) is 17.4 Å². The molecule has 0 fully saturated rings. The van der Waals surface area contributed by atoms with E-state index in [1.165, 1.54) is 29.5 Å². The first-order chi connectivity index (χ1) is 11.8. The molecule has 0 aliphatic rings. The fourth-order valence-electron chi connectivity index (χ4n) is 2.26. The first-order valence-corrected chi connectivity index (χ1v) is 8.52. The van der Waals surface area contributed by atoms with Gasteiger partial charge in [-0.3, -0.25) is 9.69 Å². The number of thiophene rings is 1. The van der Waals surface area contributed by atoms with E-state index >= 15 is 0 Å². The molecule has 1 aromatic carbocycles. The van der Waals surface area contributed by atoms with Gasteiger partial charge in [-0.25, -0.2) is 0 Å². The zero-order valence-electron chi connectivity index (χ0n) is 13.1. The van der Waals surface area contributed by atoms with E-state index < -0.39 is 17.6 Å². The van der Waals surface area contributed by atoms with E-state index in [0.717, 1.165) is 10.9 Å². The molecule has 1 heterocycles. The van der Waals surface area contributed by atoms with Gasteiger partial charge in [0.05, 0.1) is 22.1 Å². The molecule has 0 unspecified atom stereocenters. The number of nitrogens with zero attached hydrogens (tertiary/aromatic N) is 1. The molecule has 2 aromatic rings. The minimum atomic E-state index is -4.53. The molecule has 25 heavy (non-hydrogen) atoms. The average Bonchev–Trinajstić information content (AvgIpc) is 2.92. The lowest BCUT2D eigenvalue weighted by Crippen LogP contribution is -2.33. The molecule has 0 aliphatic carbocycles. The molecule has 0 radical (unpaired) electrons. The number of rotatable bonds is 7. The van der Waals surface area contributed by atoms with Crippen molar-refractivity contribution in [3.05, 3.63) is 63.8 Å².